The molecule has 0 amide bonds. The largest absolute Gasteiger partial charge is 0.365 e. The number of nitrogens with one attached hydrogen (secondary N) is 1. The van der Waals surface area contributed by atoms with E-state index in [9.17, 15) is 17.6 Å². The monoisotopic (exact) mass is 290 g/mol. The molecular formula is C14H18F4N2. The van der Waals surface area contributed by atoms with Gasteiger partial charge in [0.25, 0.3) is 0 Å². The number of nitrogens with zero attached hydrogens (tertiary/aromatic N) is 1. The molecular weight excluding hydrogens is 272 g/mol. The van der Waals surface area contributed by atoms with Crippen LogP contribution in [-0.4, -0.2) is 25.7 Å². The van der Waals surface area contributed by atoms with Crippen LogP contribution in [0.4, 0.5) is 23.2 Å². The average molecular weight is 290 g/mol. The molecule has 1 aliphatic heterocycles. The summed E-state index contributed by atoms with van der Waals surface area (Å²) < 4.78 is 54.3. The Labute approximate surface area is 115 Å². The van der Waals surface area contributed by atoms with Gasteiger partial charge in [0.15, 0.2) is 23.3 Å². The second-order valence-corrected chi connectivity index (χ2v) is 5.06. The van der Waals surface area contributed by atoms with Gasteiger partial charge < -0.3 is 10.2 Å². The lowest BCUT2D eigenvalue weighted by molar-refractivity contribution is 0.447. The second-order valence-electron chi connectivity index (χ2n) is 5.06. The average Bonchev–Trinajstić information content (AvgIpc) is 2.63. The first-order chi connectivity index (χ1) is 9.54. The summed E-state index contributed by atoms with van der Waals surface area (Å²) in [4.78, 5) is 1.40. The van der Waals surface area contributed by atoms with Crippen molar-refractivity contribution in [3.05, 3.63) is 29.3 Å². The van der Waals surface area contributed by atoms with Gasteiger partial charge in [0.1, 0.15) is 5.69 Å². The smallest absolute Gasteiger partial charge is 0.185 e. The fourth-order valence-electron chi connectivity index (χ4n) is 2.58. The zero-order valence-corrected chi connectivity index (χ0v) is 11.4. The van der Waals surface area contributed by atoms with Crippen LogP contribution in [0.25, 0.3) is 0 Å². The van der Waals surface area contributed by atoms with E-state index in [1.165, 1.54) is 4.90 Å². The molecule has 1 N–H and O–H groups in total. The highest BCUT2D eigenvalue weighted by atomic mass is 19.2. The van der Waals surface area contributed by atoms with Gasteiger partial charge in [-0.1, -0.05) is 13.3 Å². The van der Waals surface area contributed by atoms with Crippen molar-refractivity contribution in [1.82, 2.24) is 5.32 Å². The standard InChI is InChI=1S/C14H18F4N2/c1-2-4-9-8-20(6-3-5-19-9)14-12(17)10(15)7-11(16)13(14)18/h7,9,19H,2-6,8H2,1H3. The number of anilines is 1. The SMILES string of the molecule is CCCC1CN(c2c(F)c(F)cc(F)c2F)CCCN1. The van der Waals surface area contributed by atoms with Gasteiger partial charge in [-0.2, -0.15) is 0 Å². The van der Waals surface area contributed by atoms with E-state index in [0.29, 0.717) is 19.5 Å². The van der Waals surface area contributed by atoms with Gasteiger partial charge in [-0.15, -0.1) is 0 Å². The summed E-state index contributed by atoms with van der Waals surface area (Å²) in [5.41, 5.74) is -0.590. The third-order valence-electron chi connectivity index (χ3n) is 3.52. The summed E-state index contributed by atoms with van der Waals surface area (Å²) in [5.74, 6) is -5.35. The molecule has 1 aromatic carbocycles. The highest BCUT2D eigenvalue weighted by Gasteiger charge is 2.26. The molecule has 1 fully saturated rings. The van der Waals surface area contributed by atoms with Gasteiger partial charge in [0, 0.05) is 25.2 Å². The summed E-state index contributed by atoms with van der Waals surface area (Å²) in [6, 6.07) is 0.306. The van der Waals surface area contributed by atoms with Crippen molar-refractivity contribution in [2.75, 3.05) is 24.5 Å². The molecule has 2 nitrogen and oxygen atoms in total. The molecule has 1 unspecified atom stereocenters. The lowest BCUT2D eigenvalue weighted by Gasteiger charge is -2.27. The molecule has 1 aliphatic rings. The Kier molecular flexibility index (Phi) is 4.86. The molecule has 20 heavy (non-hydrogen) atoms. The van der Waals surface area contributed by atoms with Crippen molar-refractivity contribution in [1.29, 1.82) is 0 Å². The number of halogens is 4. The van der Waals surface area contributed by atoms with E-state index in [2.05, 4.69) is 5.32 Å². The molecule has 0 bridgehead atoms. The van der Waals surface area contributed by atoms with E-state index >= 15 is 0 Å². The molecule has 2 rings (SSSR count). The molecule has 1 saturated heterocycles. The third-order valence-corrected chi connectivity index (χ3v) is 3.52. The molecule has 1 heterocycles. The van der Waals surface area contributed by atoms with Crippen molar-refractivity contribution in [3.8, 4) is 0 Å². The second kappa shape index (κ2) is 6.43. The van der Waals surface area contributed by atoms with Crippen LogP contribution < -0.4 is 10.2 Å². The molecule has 0 aromatic heterocycles. The maximum absolute atomic E-state index is 13.8. The molecule has 0 spiro atoms. The van der Waals surface area contributed by atoms with Crippen molar-refractivity contribution in [2.24, 2.45) is 0 Å². The van der Waals surface area contributed by atoms with Crippen molar-refractivity contribution >= 4 is 5.69 Å². The van der Waals surface area contributed by atoms with Gasteiger partial charge in [0.05, 0.1) is 0 Å². The molecule has 6 heteroatoms. The lowest BCUT2D eigenvalue weighted by atomic mass is 10.1. The van der Waals surface area contributed by atoms with Gasteiger partial charge >= 0.3 is 0 Å². The fourth-order valence-corrected chi connectivity index (χ4v) is 2.58. The van der Waals surface area contributed by atoms with Crippen LogP contribution in [-0.2, 0) is 0 Å². The number of hydrogen-bond donors (Lipinski definition) is 1. The Hall–Kier alpha value is -1.30. The molecule has 0 saturated carbocycles. The van der Waals surface area contributed by atoms with Crippen LogP contribution in [0.5, 0.6) is 0 Å². The van der Waals surface area contributed by atoms with E-state index in [1.807, 2.05) is 6.92 Å². The van der Waals surface area contributed by atoms with Gasteiger partial charge in [-0.05, 0) is 19.4 Å². The first-order valence-electron chi connectivity index (χ1n) is 6.86. The first-order valence-corrected chi connectivity index (χ1v) is 6.86. The summed E-state index contributed by atoms with van der Waals surface area (Å²) in [5, 5.41) is 3.28. The summed E-state index contributed by atoms with van der Waals surface area (Å²) in [7, 11) is 0. The lowest BCUT2D eigenvalue weighted by Crippen LogP contribution is -2.38. The molecule has 0 aliphatic carbocycles. The van der Waals surface area contributed by atoms with Gasteiger partial charge in [-0.3, -0.25) is 0 Å². The fraction of sp³-hybridized carbons (Fsp3) is 0.571. The first kappa shape index (κ1) is 15.1. The zero-order chi connectivity index (χ0) is 14.7. The van der Waals surface area contributed by atoms with Crippen molar-refractivity contribution < 1.29 is 17.6 Å². The number of rotatable bonds is 3. The van der Waals surface area contributed by atoms with Crippen LogP contribution in [0.1, 0.15) is 26.2 Å². The van der Waals surface area contributed by atoms with Crippen LogP contribution >= 0.6 is 0 Å². The maximum atomic E-state index is 13.8. The van der Waals surface area contributed by atoms with E-state index in [0.717, 1.165) is 19.4 Å². The number of benzene rings is 1. The van der Waals surface area contributed by atoms with Crippen molar-refractivity contribution in [2.45, 2.75) is 32.2 Å². The normalized spacial score (nSPS) is 20.1. The minimum Gasteiger partial charge on any atom is -0.365 e. The van der Waals surface area contributed by atoms with Crippen LogP contribution in [0, 0.1) is 23.3 Å². The van der Waals surface area contributed by atoms with E-state index in [1.54, 1.807) is 0 Å². The predicted octanol–water partition coefficient (Wildman–Crippen LogP) is 3.21. The maximum Gasteiger partial charge on any atom is 0.185 e. The van der Waals surface area contributed by atoms with Crippen LogP contribution in [0.2, 0.25) is 0 Å². The Bertz CT molecular complexity index is 452. The Balaban J connectivity index is 2.34. The van der Waals surface area contributed by atoms with Gasteiger partial charge in [0.2, 0.25) is 0 Å². The Morgan fingerprint density at radius 2 is 1.85 bits per heavy atom. The zero-order valence-electron chi connectivity index (χ0n) is 11.4. The predicted molar refractivity (Wildman–Crippen MR) is 69.8 cm³/mol. The van der Waals surface area contributed by atoms with E-state index < -0.39 is 29.0 Å². The van der Waals surface area contributed by atoms with Crippen LogP contribution in [0.3, 0.4) is 0 Å². The Morgan fingerprint density at radius 3 is 2.45 bits per heavy atom. The minimum atomic E-state index is -1.36. The summed E-state index contributed by atoms with van der Waals surface area (Å²) >= 11 is 0. The highest BCUT2D eigenvalue weighted by molar-refractivity contribution is 5.50. The van der Waals surface area contributed by atoms with Crippen LogP contribution in [0.15, 0.2) is 6.07 Å². The highest BCUT2D eigenvalue weighted by Crippen LogP contribution is 2.29. The van der Waals surface area contributed by atoms with E-state index in [4.69, 9.17) is 0 Å². The summed E-state index contributed by atoms with van der Waals surface area (Å²) in [6.07, 6.45) is 2.43. The molecule has 1 aromatic rings. The summed E-state index contributed by atoms with van der Waals surface area (Å²) in [6.45, 7) is 3.44. The topological polar surface area (TPSA) is 15.3 Å². The number of hydrogen-bond acceptors (Lipinski definition) is 2. The Morgan fingerprint density at radius 1 is 1.20 bits per heavy atom. The van der Waals surface area contributed by atoms with E-state index in [-0.39, 0.29) is 12.1 Å². The quantitative estimate of drug-likeness (QED) is 0.679. The van der Waals surface area contributed by atoms with Crippen molar-refractivity contribution in [3.63, 3.8) is 0 Å². The molecule has 1 atom stereocenters. The molecule has 0 radical (unpaired) electrons. The minimum absolute atomic E-state index is 0.0626. The molecule has 112 valence electrons. The third kappa shape index (κ3) is 3.06. The van der Waals surface area contributed by atoms with Gasteiger partial charge in [-0.25, -0.2) is 17.6 Å².